The molecule has 1 aromatic carbocycles. The molecule has 0 aromatic heterocycles. The van der Waals surface area contributed by atoms with Crippen molar-refractivity contribution < 1.29 is 24.4 Å². The number of ether oxygens (including phenoxy) is 1. The van der Waals surface area contributed by atoms with Crippen LogP contribution in [0.2, 0.25) is 0 Å². The van der Waals surface area contributed by atoms with Gasteiger partial charge >= 0.3 is 5.97 Å². The molecule has 1 aromatic rings. The Balaban J connectivity index is 2.05. The van der Waals surface area contributed by atoms with Gasteiger partial charge in [-0.05, 0) is 19.1 Å². The number of amides is 2. The molecular weight excluding hydrogens is 334 g/mol. The molecule has 7 heteroatoms. The highest BCUT2D eigenvalue weighted by Gasteiger charge is 2.70. The number of carbonyl (C=O) groups excluding carboxylic acids is 3. The first-order chi connectivity index (χ1) is 12.3. The number of anilines is 1. The fourth-order valence-electron chi connectivity index (χ4n) is 4.35. The Morgan fingerprint density at radius 2 is 1.85 bits per heavy atom. The summed E-state index contributed by atoms with van der Waals surface area (Å²) in [6, 6.07) is 7.58. The van der Waals surface area contributed by atoms with Crippen LogP contribution >= 0.6 is 0 Å². The van der Waals surface area contributed by atoms with Crippen molar-refractivity contribution in [3.63, 3.8) is 0 Å². The second-order valence-corrected chi connectivity index (χ2v) is 7.38. The van der Waals surface area contributed by atoms with E-state index in [9.17, 15) is 14.4 Å². The maximum Gasteiger partial charge on any atom is 0.368 e. The highest BCUT2D eigenvalue weighted by atomic mass is 16.5. The van der Waals surface area contributed by atoms with Crippen molar-refractivity contribution in [3.05, 3.63) is 29.8 Å². The number of imide groups is 1. The van der Waals surface area contributed by atoms with Crippen LogP contribution in [0.4, 0.5) is 5.69 Å². The molecule has 2 N–H and O–H groups in total. The normalized spacial score (nSPS) is 30.5. The van der Waals surface area contributed by atoms with Crippen LogP contribution in [-0.2, 0) is 19.1 Å². The standard InChI is InChI=1S/C19H25N3O4/c1-6-22-16(23)13-14(17(22)24)19(2,18(25)26-5)20-15(13)11-7-9-12(10-8-11)21(3)4/h7-10,13-15,20H,6H2,1-5H3/p+1/t13-,14-,15-,19+/m0/s1. The minimum atomic E-state index is -1.11. The van der Waals surface area contributed by atoms with Crippen LogP contribution in [-0.4, -0.2) is 56.0 Å². The average molecular weight is 360 g/mol. The number of benzene rings is 1. The van der Waals surface area contributed by atoms with E-state index in [4.69, 9.17) is 4.74 Å². The van der Waals surface area contributed by atoms with E-state index in [-0.39, 0.29) is 17.9 Å². The van der Waals surface area contributed by atoms with Gasteiger partial charge in [-0.25, -0.2) is 4.79 Å². The van der Waals surface area contributed by atoms with Gasteiger partial charge in [0, 0.05) is 38.8 Å². The lowest BCUT2D eigenvalue weighted by atomic mass is 9.80. The topological polar surface area (TPSA) is 83.5 Å². The van der Waals surface area contributed by atoms with Crippen LogP contribution in [0.3, 0.4) is 0 Å². The molecule has 2 amide bonds. The second kappa shape index (κ2) is 6.39. The van der Waals surface area contributed by atoms with E-state index >= 15 is 0 Å². The molecule has 2 heterocycles. The van der Waals surface area contributed by atoms with Gasteiger partial charge in [-0.1, -0.05) is 12.1 Å². The molecule has 0 saturated carbocycles. The molecular formula is C19H26N3O4+. The van der Waals surface area contributed by atoms with Gasteiger partial charge in [0.15, 0.2) is 0 Å². The summed E-state index contributed by atoms with van der Waals surface area (Å²) in [5, 5.41) is 1.83. The zero-order valence-corrected chi connectivity index (χ0v) is 15.9. The molecule has 2 aliphatic heterocycles. The van der Waals surface area contributed by atoms with Crippen LogP contribution in [0, 0.1) is 11.8 Å². The Kier molecular flexibility index (Phi) is 4.52. The molecule has 0 spiro atoms. The Bertz CT molecular complexity index is 746. The third-order valence-electron chi connectivity index (χ3n) is 5.74. The molecule has 0 unspecified atom stereocenters. The summed E-state index contributed by atoms with van der Waals surface area (Å²) in [6.45, 7) is 3.79. The van der Waals surface area contributed by atoms with E-state index in [1.165, 1.54) is 12.0 Å². The fraction of sp³-hybridized carbons (Fsp3) is 0.526. The van der Waals surface area contributed by atoms with Crippen molar-refractivity contribution >= 4 is 23.5 Å². The highest BCUT2D eigenvalue weighted by molar-refractivity contribution is 6.08. The summed E-state index contributed by atoms with van der Waals surface area (Å²) >= 11 is 0. The molecule has 2 fully saturated rings. The number of quaternary nitrogens is 1. The smallest absolute Gasteiger partial charge is 0.368 e. The lowest BCUT2D eigenvalue weighted by molar-refractivity contribution is -0.731. The van der Waals surface area contributed by atoms with Crippen LogP contribution in [0.25, 0.3) is 0 Å². The summed E-state index contributed by atoms with van der Waals surface area (Å²) in [5.74, 6) is -2.22. The van der Waals surface area contributed by atoms with E-state index < -0.39 is 23.3 Å². The third-order valence-corrected chi connectivity index (χ3v) is 5.74. The van der Waals surface area contributed by atoms with Gasteiger partial charge in [-0.15, -0.1) is 0 Å². The first kappa shape index (κ1) is 18.4. The van der Waals surface area contributed by atoms with Gasteiger partial charge < -0.3 is 15.0 Å². The minimum Gasteiger partial charge on any atom is -0.464 e. The quantitative estimate of drug-likeness (QED) is 0.600. The number of esters is 1. The average Bonchev–Trinajstić information content (AvgIpc) is 3.08. The van der Waals surface area contributed by atoms with E-state index in [1.807, 2.05) is 48.6 Å². The molecule has 2 aliphatic rings. The Hall–Kier alpha value is -2.41. The summed E-state index contributed by atoms with van der Waals surface area (Å²) in [6.07, 6.45) is 0. The predicted octanol–water partition coefficient (Wildman–Crippen LogP) is -0.0765. The van der Waals surface area contributed by atoms with E-state index in [2.05, 4.69) is 0 Å². The zero-order chi connectivity index (χ0) is 19.2. The zero-order valence-electron chi connectivity index (χ0n) is 15.9. The number of rotatable bonds is 4. The van der Waals surface area contributed by atoms with Crippen molar-refractivity contribution in [1.82, 2.24) is 4.90 Å². The minimum absolute atomic E-state index is 0.201. The van der Waals surface area contributed by atoms with Gasteiger partial charge in [0.1, 0.15) is 17.9 Å². The van der Waals surface area contributed by atoms with Crippen molar-refractivity contribution in [2.45, 2.75) is 25.4 Å². The Morgan fingerprint density at radius 3 is 2.35 bits per heavy atom. The van der Waals surface area contributed by atoms with Crippen molar-refractivity contribution in [3.8, 4) is 0 Å². The van der Waals surface area contributed by atoms with Gasteiger partial charge in [0.25, 0.3) is 0 Å². The van der Waals surface area contributed by atoms with E-state index in [0.29, 0.717) is 6.54 Å². The predicted molar refractivity (Wildman–Crippen MR) is 95.2 cm³/mol. The fourth-order valence-corrected chi connectivity index (χ4v) is 4.35. The second-order valence-electron chi connectivity index (χ2n) is 7.38. The SMILES string of the molecule is CCN1C(=O)[C@H]2[C@@H](C1=O)[C@](C)(C(=O)OC)[NH2+][C@H]2c1ccc(N(C)C)cc1. The summed E-state index contributed by atoms with van der Waals surface area (Å²) in [4.78, 5) is 41.5. The Morgan fingerprint density at radius 1 is 1.23 bits per heavy atom. The number of carbonyl (C=O) groups is 3. The number of hydrogen-bond acceptors (Lipinski definition) is 5. The molecule has 0 radical (unpaired) electrons. The van der Waals surface area contributed by atoms with Crippen molar-refractivity contribution in [1.29, 1.82) is 0 Å². The van der Waals surface area contributed by atoms with E-state index in [1.54, 1.807) is 13.8 Å². The van der Waals surface area contributed by atoms with Crippen LogP contribution in [0.5, 0.6) is 0 Å². The number of nitrogens with zero attached hydrogens (tertiary/aromatic N) is 2. The number of fused-ring (bicyclic) bond motifs is 1. The van der Waals surface area contributed by atoms with Gasteiger partial charge in [-0.3, -0.25) is 14.5 Å². The van der Waals surface area contributed by atoms with Gasteiger partial charge in [-0.2, -0.15) is 0 Å². The molecule has 3 rings (SSSR count). The maximum absolute atomic E-state index is 12.9. The van der Waals surface area contributed by atoms with Gasteiger partial charge in [0.2, 0.25) is 17.4 Å². The number of hydrogen-bond donors (Lipinski definition) is 1. The van der Waals surface area contributed by atoms with E-state index in [0.717, 1.165) is 11.3 Å². The molecule has 26 heavy (non-hydrogen) atoms. The molecule has 140 valence electrons. The third kappa shape index (κ3) is 2.49. The Labute approximate surface area is 153 Å². The first-order valence-electron chi connectivity index (χ1n) is 8.83. The van der Waals surface area contributed by atoms with Crippen LogP contribution in [0.15, 0.2) is 24.3 Å². The lowest BCUT2D eigenvalue weighted by Gasteiger charge is -2.25. The molecule has 2 saturated heterocycles. The molecule has 4 atom stereocenters. The monoisotopic (exact) mass is 360 g/mol. The first-order valence-corrected chi connectivity index (χ1v) is 8.83. The number of nitrogens with two attached hydrogens (primary N) is 1. The number of likely N-dealkylation sites (tertiary alicyclic amines) is 1. The van der Waals surface area contributed by atoms with Crippen LogP contribution < -0.4 is 10.2 Å². The summed E-state index contributed by atoms with van der Waals surface area (Å²) in [5.41, 5.74) is 0.862. The number of methoxy groups -OCH3 is 1. The lowest BCUT2D eigenvalue weighted by Crippen LogP contribution is -2.97. The largest absolute Gasteiger partial charge is 0.464 e. The van der Waals surface area contributed by atoms with Crippen molar-refractivity contribution in [2.24, 2.45) is 11.8 Å². The van der Waals surface area contributed by atoms with Crippen molar-refractivity contribution in [2.75, 3.05) is 32.6 Å². The summed E-state index contributed by atoms with van der Waals surface area (Å²) in [7, 11) is 5.23. The summed E-state index contributed by atoms with van der Waals surface area (Å²) < 4.78 is 4.97. The molecule has 7 nitrogen and oxygen atoms in total. The molecule has 0 bridgehead atoms. The molecule has 0 aliphatic carbocycles. The maximum atomic E-state index is 12.9. The highest BCUT2D eigenvalue weighted by Crippen LogP contribution is 2.44. The van der Waals surface area contributed by atoms with Crippen LogP contribution in [0.1, 0.15) is 25.5 Å². The van der Waals surface area contributed by atoms with Gasteiger partial charge in [0.05, 0.1) is 7.11 Å².